The van der Waals surface area contributed by atoms with Gasteiger partial charge in [-0.15, -0.1) is 0 Å². The summed E-state index contributed by atoms with van der Waals surface area (Å²) in [7, 11) is 3.06. The largest absolute Gasteiger partial charge is 0.494 e. The van der Waals surface area contributed by atoms with Crippen LogP contribution in [-0.4, -0.2) is 46.9 Å². The zero-order valence-electron chi connectivity index (χ0n) is 20.5. The van der Waals surface area contributed by atoms with Crippen molar-refractivity contribution >= 4 is 12.5 Å². The number of methoxy groups -OCH3 is 2. The highest BCUT2D eigenvalue weighted by Crippen LogP contribution is 2.35. The van der Waals surface area contributed by atoms with Crippen LogP contribution in [0, 0.1) is 11.7 Å². The van der Waals surface area contributed by atoms with Gasteiger partial charge in [-0.1, -0.05) is 30.8 Å². The third kappa shape index (κ3) is 4.32. The van der Waals surface area contributed by atoms with E-state index in [1.807, 2.05) is 0 Å². The molecule has 1 saturated carbocycles. The van der Waals surface area contributed by atoms with E-state index in [4.69, 9.17) is 14.5 Å². The highest BCUT2D eigenvalue weighted by Gasteiger charge is 2.30. The van der Waals surface area contributed by atoms with Gasteiger partial charge in [-0.3, -0.25) is 9.36 Å². The third-order valence-electron chi connectivity index (χ3n) is 7.08. The Kier molecular flexibility index (Phi) is 6.43. The van der Waals surface area contributed by atoms with E-state index in [9.17, 15) is 14.3 Å². The van der Waals surface area contributed by atoms with Gasteiger partial charge in [0.05, 0.1) is 19.6 Å². The molecule has 7 nitrogen and oxygen atoms in total. The molecule has 8 heteroatoms. The van der Waals surface area contributed by atoms with Crippen molar-refractivity contribution in [2.45, 2.75) is 31.6 Å². The lowest BCUT2D eigenvalue weighted by Crippen LogP contribution is -2.51. The van der Waals surface area contributed by atoms with Crippen molar-refractivity contribution in [3.05, 3.63) is 80.6 Å². The first kappa shape index (κ1) is 23.9. The van der Waals surface area contributed by atoms with E-state index in [0.29, 0.717) is 60.4 Å². The number of hydrogen-bond donors (Lipinski definition) is 1. The Morgan fingerprint density at radius 1 is 1.11 bits per heavy atom. The Hall–Kier alpha value is -3.81. The summed E-state index contributed by atoms with van der Waals surface area (Å²) < 4.78 is 27.0. The Morgan fingerprint density at radius 3 is 2.44 bits per heavy atom. The first-order chi connectivity index (χ1) is 17.4. The van der Waals surface area contributed by atoms with Crippen LogP contribution in [0.15, 0.2) is 47.3 Å². The number of ether oxygens (including phenoxy) is 2. The standard InChI is InChI=1S/C28H30FN3O4/c1-17-25(27(33)31-14-13-19(16-31)20-7-4-5-8-21(20)29)28(34)32(24(30-17)15-18-11-12-18)26-22(35-2)9-6-10-23(26)36-3/h4-10,18-19,33H,1,11-16H2,2-3H3. The van der Waals surface area contributed by atoms with Crippen LogP contribution >= 0.6 is 0 Å². The van der Waals surface area contributed by atoms with Crippen LogP contribution in [0.4, 0.5) is 4.39 Å². The molecule has 0 bridgehead atoms. The Bertz CT molecular complexity index is 1440. The molecule has 0 spiro atoms. The molecule has 1 aliphatic carbocycles. The highest BCUT2D eigenvalue weighted by atomic mass is 19.1. The monoisotopic (exact) mass is 491 g/mol. The number of para-hydroxylation sites is 1. The molecular weight excluding hydrogens is 461 g/mol. The van der Waals surface area contributed by atoms with E-state index >= 15 is 0 Å². The van der Waals surface area contributed by atoms with Gasteiger partial charge in [0, 0.05) is 25.4 Å². The quantitative estimate of drug-likeness (QED) is 0.548. The van der Waals surface area contributed by atoms with Crippen molar-refractivity contribution < 1.29 is 19.0 Å². The summed E-state index contributed by atoms with van der Waals surface area (Å²) in [5.74, 6) is 1.36. The summed E-state index contributed by atoms with van der Waals surface area (Å²) in [6.45, 7) is 4.88. The molecule has 1 N–H and O–H groups in total. The second-order valence-corrected chi connectivity index (χ2v) is 9.43. The summed E-state index contributed by atoms with van der Waals surface area (Å²) in [6, 6.07) is 12.0. The van der Waals surface area contributed by atoms with Crippen LogP contribution in [0.1, 0.15) is 36.6 Å². The molecular formula is C28H30FN3O4. The minimum absolute atomic E-state index is 0.0247. The van der Waals surface area contributed by atoms with Gasteiger partial charge >= 0.3 is 0 Å². The zero-order chi connectivity index (χ0) is 25.4. The van der Waals surface area contributed by atoms with Crippen molar-refractivity contribution in [1.29, 1.82) is 0 Å². The van der Waals surface area contributed by atoms with E-state index in [0.717, 1.165) is 12.8 Å². The average Bonchev–Trinajstić information content (AvgIpc) is 3.55. The van der Waals surface area contributed by atoms with Gasteiger partial charge in [0.1, 0.15) is 34.0 Å². The van der Waals surface area contributed by atoms with Gasteiger partial charge in [0.25, 0.3) is 5.56 Å². The number of rotatable bonds is 7. The third-order valence-corrected chi connectivity index (χ3v) is 7.08. The molecule has 0 radical (unpaired) electrons. The van der Waals surface area contributed by atoms with Gasteiger partial charge in [0.2, 0.25) is 5.88 Å². The molecule has 2 fully saturated rings. The fourth-order valence-corrected chi connectivity index (χ4v) is 5.01. The summed E-state index contributed by atoms with van der Waals surface area (Å²) in [4.78, 5) is 20.5. The van der Waals surface area contributed by atoms with Gasteiger partial charge in [0.15, 0.2) is 0 Å². The predicted octanol–water partition coefficient (Wildman–Crippen LogP) is 2.86. The SMILES string of the molecule is C=c1nc(CC2CC2)n(-c2c(OC)cccc2OC)c(=O)c1=C(O)N1CCC(c2ccccc2F)C1. The second-order valence-electron chi connectivity index (χ2n) is 9.43. The molecule has 1 aliphatic heterocycles. The van der Waals surface area contributed by atoms with Crippen LogP contribution in [0.5, 0.6) is 11.5 Å². The Balaban J connectivity index is 1.67. The van der Waals surface area contributed by atoms with E-state index in [1.54, 1.807) is 41.3 Å². The van der Waals surface area contributed by atoms with Crippen molar-refractivity contribution in [3.8, 4) is 17.2 Å². The number of benzene rings is 2. The maximum atomic E-state index is 14.4. The van der Waals surface area contributed by atoms with E-state index in [2.05, 4.69) is 6.58 Å². The van der Waals surface area contributed by atoms with Crippen LogP contribution in [0.2, 0.25) is 0 Å². The van der Waals surface area contributed by atoms with Gasteiger partial charge in [-0.05, 0) is 48.9 Å². The summed E-state index contributed by atoms with van der Waals surface area (Å²) >= 11 is 0. The molecule has 1 saturated heterocycles. The van der Waals surface area contributed by atoms with E-state index in [1.165, 1.54) is 24.9 Å². The molecule has 1 unspecified atom stereocenters. The lowest BCUT2D eigenvalue weighted by molar-refractivity contribution is 0.321. The van der Waals surface area contributed by atoms with E-state index < -0.39 is 5.56 Å². The van der Waals surface area contributed by atoms with Crippen molar-refractivity contribution in [2.75, 3.05) is 27.3 Å². The fourth-order valence-electron chi connectivity index (χ4n) is 5.01. The van der Waals surface area contributed by atoms with Gasteiger partial charge < -0.3 is 19.5 Å². The average molecular weight is 492 g/mol. The molecule has 5 rings (SSSR count). The lowest BCUT2D eigenvalue weighted by Gasteiger charge is -2.20. The molecule has 2 heterocycles. The summed E-state index contributed by atoms with van der Waals surface area (Å²) in [5.41, 5.74) is 0.604. The van der Waals surface area contributed by atoms with Gasteiger partial charge in [-0.2, -0.15) is 0 Å². The smallest absolute Gasteiger partial charge is 0.271 e. The summed E-state index contributed by atoms with van der Waals surface area (Å²) in [6.07, 6.45) is 3.42. The van der Waals surface area contributed by atoms with Gasteiger partial charge in [-0.25, -0.2) is 9.37 Å². The molecule has 36 heavy (non-hydrogen) atoms. The second kappa shape index (κ2) is 9.68. The first-order valence-corrected chi connectivity index (χ1v) is 12.2. The van der Waals surface area contributed by atoms with Crippen LogP contribution < -0.4 is 25.6 Å². The Morgan fingerprint density at radius 2 is 1.81 bits per heavy atom. The molecule has 2 aliphatic rings. The number of aliphatic hydroxyl groups excluding tert-OH is 1. The maximum absolute atomic E-state index is 14.4. The minimum atomic E-state index is -0.444. The molecule has 3 aromatic rings. The number of aromatic nitrogens is 2. The number of likely N-dealkylation sites (tertiary alicyclic amines) is 1. The predicted molar refractivity (Wildman–Crippen MR) is 136 cm³/mol. The molecule has 1 aromatic heterocycles. The van der Waals surface area contributed by atoms with Crippen LogP contribution in [0.3, 0.4) is 0 Å². The number of hydrogen-bond acceptors (Lipinski definition) is 6. The molecule has 188 valence electrons. The molecule has 1 atom stereocenters. The summed E-state index contributed by atoms with van der Waals surface area (Å²) in [5, 5.41) is 11.6. The van der Waals surface area contributed by atoms with Crippen LogP contribution in [0.25, 0.3) is 18.1 Å². The highest BCUT2D eigenvalue weighted by molar-refractivity contribution is 5.58. The number of halogens is 1. The molecule has 0 amide bonds. The van der Waals surface area contributed by atoms with Crippen molar-refractivity contribution in [2.24, 2.45) is 5.92 Å². The molecule has 2 aromatic carbocycles. The number of nitrogens with zero attached hydrogens (tertiary/aromatic N) is 3. The maximum Gasteiger partial charge on any atom is 0.271 e. The van der Waals surface area contributed by atoms with E-state index in [-0.39, 0.29) is 28.2 Å². The number of aliphatic hydroxyl groups is 1. The lowest BCUT2D eigenvalue weighted by atomic mass is 9.98. The zero-order valence-corrected chi connectivity index (χ0v) is 20.5. The van der Waals surface area contributed by atoms with Crippen LogP contribution in [-0.2, 0) is 6.42 Å². The Labute approximate surface area is 208 Å². The minimum Gasteiger partial charge on any atom is -0.494 e. The van der Waals surface area contributed by atoms with Crippen molar-refractivity contribution in [1.82, 2.24) is 14.5 Å². The first-order valence-electron chi connectivity index (χ1n) is 12.2. The topological polar surface area (TPSA) is 76.8 Å². The normalized spacial score (nSPS) is 18.3. The van der Waals surface area contributed by atoms with Crippen molar-refractivity contribution in [3.63, 3.8) is 0 Å². The fraction of sp³-hybridized carbons (Fsp3) is 0.357.